The predicted molar refractivity (Wildman–Crippen MR) is 95.5 cm³/mol. The molecular formula is C19H29N3O2. The minimum atomic E-state index is -0.212. The van der Waals surface area contributed by atoms with E-state index in [4.69, 9.17) is 0 Å². The van der Waals surface area contributed by atoms with Gasteiger partial charge in [0.1, 0.15) is 0 Å². The van der Waals surface area contributed by atoms with Crippen molar-refractivity contribution >= 4 is 11.8 Å². The SMILES string of the molecule is Cc1ccc(CNC(=O)CN2CCC(C(=O)NC(C)(C)C)C2)cc1. The summed E-state index contributed by atoms with van der Waals surface area (Å²) >= 11 is 0. The van der Waals surface area contributed by atoms with Crippen LogP contribution in [0.5, 0.6) is 0 Å². The number of carbonyl (C=O) groups is 2. The largest absolute Gasteiger partial charge is 0.351 e. The number of nitrogens with zero attached hydrogens (tertiary/aromatic N) is 1. The van der Waals surface area contributed by atoms with Crippen LogP contribution < -0.4 is 10.6 Å². The molecule has 0 aromatic heterocycles. The third-order valence-electron chi connectivity index (χ3n) is 4.12. The van der Waals surface area contributed by atoms with Crippen molar-refractivity contribution in [2.75, 3.05) is 19.6 Å². The molecular weight excluding hydrogens is 302 g/mol. The van der Waals surface area contributed by atoms with Gasteiger partial charge in [-0.1, -0.05) is 29.8 Å². The summed E-state index contributed by atoms with van der Waals surface area (Å²) < 4.78 is 0. The number of amides is 2. The van der Waals surface area contributed by atoms with Gasteiger partial charge in [0.05, 0.1) is 12.5 Å². The maximum atomic E-state index is 12.2. The highest BCUT2D eigenvalue weighted by molar-refractivity contribution is 5.81. The number of aryl methyl sites for hydroxylation is 1. The summed E-state index contributed by atoms with van der Waals surface area (Å²) in [6.07, 6.45) is 0.813. The molecule has 1 fully saturated rings. The van der Waals surface area contributed by atoms with Crippen molar-refractivity contribution in [3.8, 4) is 0 Å². The van der Waals surface area contributed by atoms with Crippen LogP contribution in [0.1, 0.15) is 38.3 Å². The van der Waals surface area contributed by atoms with Crippen LogP contribution in [-0.2, 0) is 16.1 Å². The number of nitrogens with one attached hydrogen (secondary N) is 2. The highest BCUT2D eigenvalue weighted by atomic mass is 16.2. The molecule has 5 nitrogen and oxygen atoms in total. The van der Waals surface area contributed by atoms with E-state index < -0.39 is 0 Å². The van der Waals surface area contributed by atoms with E-state index >= 15 is 0 Å². The Labute approximate surface area is 144 Å². The van der Waals surface area contributed by atoms with Crippen molar-refractivity contribution in [2.24, 2.45) is 5.92 Å². The summed E-state index contributed by atoms with van der Waals surface area (Å²) in [5.74, 6) is 0.0756. The zero-order chi connectivity index (χ0) is 17.7. The van der Waals surface area contributed by atoms with Crippen molar-refractivity contribution in [2.45, 2.75) is 46.2 Å². The highest BCUT2D eigenvalue weighted by Gasteiger charge is 2.30. The molecule has 1 aromatic carbocycles. The number of hydrogen-bond acceptors (Lipinski definition) is 3. The third-order valence-corrected chi connectivity index (χ3v) is 4.12. The van der Waals surface area contributed by atoms with Gasteiger partial charge in [0.2, 0.25) is 11.8 Å². The second-order valence-corrected chi connectivity index (χ2v) is 7.72. The van der Waals surface area contributed by atoms with Crippen molar-refractivity contribution < 1.29 is 9.59 Å². The molecule has 1 unspecified atom stereocenters. The Hall–Kier alpha value is -1.88. The third kappa shape index (κ3) is 5.96. The number of hydrogen-bond donors (Lipinski definition) is 2. The maximum absolute atomic E-state index is 12.2. The van der Waals surface area contributed by atoms with Gasteiger partial charge in [-0.05, 0) is 46.2 Å². The molecule has 132 valence electrons. The monoisotopic (exact) mass is 331 g/mol. The Morgan fingerprint density at radius 2 is 1.88 bits per heavy atom. The molecule has 1 atom stereocenters. The van der Waals surface area contributed by atoms with Crippen LogP contribution in [0.15, 0.2) is 24.3 Å². The zero-order valence-electron chi connectivity index (χ0n) is 15.2. The summed E-state index contributed by atoms with van der Waals surface area (Å²) in [4.78, 5) is 26.3. The molecule has 0 bridgehead atoms. The topological polar surface area (TPSA) is 61.4 Å². The van der Waals surface area contributed by atoms with E-state index in [9.17, 15) is 9.59 Å². The molecule has 2 rings (SSSR count). The van der Waals surface area contributed by atoms with Gasteiger partial charge in [-0.2, -0.15) is 0 Å². The lowest BCUT2D eigenvalue weighted by molar-refractivity contribution is -0.127. The van der Waals surface area contributed by atoms with Gasteiger partial charge in [-0.15, -0.1) is 0 Å². The van der Waals surface area contributed by atoms with Gasteiger partial charge in [0.15, 0.2) is 0 Å². The van der Waals surface area contributed by atoms with Crippen LogP contribution in [0.2, 0.25) is 0 Å². The zero-order valence-corrected chi connectivity index (χ0v) is 15.2. The van der Waals surface area contributed by atoms with Gasteiger partial charge in [-0.25, -0.2) is 0 Å². The van der Waals surface area contributed by atoms with Gasteiger partial charge in [0, 0.05) is 18.6 Å². The molecule has 24 heavy (non-hydrogen) atoms. The molecule has 1 aliphatic heterocycles. The van der Waals surface area contributed by atoms with Crippen molar-refractivity contribution in [1.29, 1.82) is 0 Å². The summed E-state index contributed by atoms with van der Waals surface area (Å²) in [7, 11) is 0. The molecule has 0 saturated carbocycles. The second kappa shape index (κ2) is 7.79. The molecule has 5 heteroatoms. The summed E-state index contributed by atoms with van der Waals surface area (Å²) in [5.41, 5.74) is 2.09. The first kappa shape index (κ1) is 18.5. The number of likely N-dealkylation sites (tertiary alicyclic amines) is 1. The molecule has 0 radical (unpaired) electrons. The van der Waals surface area contributed by atoms with E-state index in [2.05, 4.69) is 15.5 Å². The van der Waals surface area contributed by atoms with Gasteiger partial charge < -0.3 is 10.6 Å². The lowest BCUT2D eigenvalue weighted by Crippen LogP contribution is -2.44. The highest BCUT2D eigenvalue weighted by Crippen LogP contribution is 2.17. The first-order valence-corrected chi connectivity index (χ1v) is 8.59. The average molecular weight is 331 g/mol. The molecule has 0 aliphatic carbocycles. The molecule has 0 spiro atoms. The molecule has 1 heterocycles. The molecule has 2 N–H and O–H groups in total. The molecule has 1 aliphatic rings. The number of rotatable bonds is 5. The minimum Gasteiger partial charge on any atom is -0.351 e. The van der Waals surface area contributed by atoms with Gasteiger partial charge in [0.25, 0.3) is 0 Å². The van der Waals surface area contributed by atoms with Crippen LogP contribution in [0.4, 0.5) is 0 Å². The Morgan fingerprint density at radius 3 is 2.50 bits per heavy atom. The van der Waals surface area contributed by atoms with E-state index in [0.29, 0.717) is 19.6 Å². The fourth-order valence-corrected chi connectivity index (χ4v) is 2.83. The van der Waals surface area contributed by atoms with E-state index in [1.165, 1.54) is 5.56 Å². The summed E-state index contributed by atoms with van der Waals surface area (Å²) in [6.45, 7) is 10.3. The Morgan fingerprint density at radius 1 is 1.21 bits per heavy atom. The smallest absolute Gasteiger partial charge is 0.234 e. The van der Waals surface area contributed by atoms with Crippen LogP contribution in [-0.4, -0.2) is 41.9 Å². The van der Waals surface area contributed by atoms with Crippen LogP contribution in [0.3, 0.4) is 0 Å². The normalized spacial score (nSPS) is 18.4. The average Bonchev–Trinajstić information content (AvgIpc) is 2.93. The van der Waals surface area contributed by atoms with Gasteiger partial charge >= 0.3 is 0 Å². The fraction of sp³-hybridized carbons (Fsp3) is 0.579. The Kier molecular flexibility index (Phi) is 5.99. The molecule has 1 saturated heterocycles. The van der Waals surface area contributed by atoms with Crippen molar-refractivity contribution in [3.63, 3.8) is 0 Å². The predicted octanol–water partition coefficient (Wildman–Crippen LogP) is 1.85. The first-order valence-electron chi connectivity index (χ1n) is 8.59. The van der Waals surface area contributed by atoms with E-state index in [1.807, 2.05) is 52.0 Å². The standard InChI is InChI=1S/C19H29N3O2/c1-14-5-7-15(8-6-14)11-20-17(23)13-22-10-9-16(12-22)18(24)21-19(2,3)4/h5-8,16H,9-13H2,1-4H3,(H,20,23)(H,21,24). The maximum Gasteiger partial charge on any atom is 0.234 e. The van der Waals surface area contributed by atoms with Crippen molar-refractivity contribution in [3.05, 3.63) is 35.4 Å². The van der Waals surface area contributed by atoms with E-state index in [0.717, 1.165) is 18.5 Å². The van der Waals surface area contributed by atoms with Crippen LogP contribution >= 0.6 is 0 Å². The van der Waals surface area contributed by atoms with Crippen LogP contribution in [0, 0.1) is 12.8 Å². The summed E-state index contributed by atoms with van der Waals surface area (Å²) in [6, 6.07) is 8.14. The lowest BCUT2D eigenvalue weighted by Gasteiger charge is -2.23. The fourth-order valence-electron chi connectivity index (χ4n) is 2.83. The number of benzene rings is 1. The number of carbonyl (C=O) groups excluding carboxylic acids is 2. The second-order valence-electron chi connectivity index (χ2n) is 7.72. The van der Waals surface area contributed by atoms with Crippen LogP contribution in [0.25, 0.3) is 0 Å². The summed E-state index contributed by atoms with van der Waals surface area (Å²) in [5, 5.41) is 5.97. The Balaban J connectivity index is 1.73. The van der Waals surface area contributed by atoms with E-state index in [-0.39, 0.29) is 23.3 Å². The van der Waals surface area contributed by atoms with E-state index in [1.54, 1.807) is 0 Å². The lowest BCUT2D eigenvalue weighted by atomic mass is 10.0. The first-order chi connectivity index (χ1) is 11.2. The van der Waals surface area contributed by atoms with Gasteiger partial charge in [-0.3, -0.25) is 14.5 Å². The molecule has 2 amide bonds. The Bertz CT molecular complexity index is 575. The molecule has 1 aromatic rings. The minimum absolute atomic E-state index is 0.00690. The quantitative estimate of drug-likeness (QED) is 0.865. The van der Waals surface area contributed by atoms with Crippen molar-refractivity contribution in [1.82, 2.24) is 15.5 Å².